The summed E-state index contributed by atoms with van der Waals surface area (Å²) < 4.78 is 1.92. The number of hydrogen-bond acceptors (Lipinski definition) is 5. The van der Waals surface area contributed by atoms with Gasteiger partial charge in [-0.3, -0.25) is 0 Å². The van der Waals surface area contributed by atoms with Gasteiger partial charge in [0.2, 0.25) is 0 Å². The fraction of sp³-hybridized carbons (Fsp3) is 0.368. The monoisotopic (exact) mass is 337 g/mol. The maximum absolute atomic E-state index is 9.41. The summed E-state index contributed by atoms with van der Waals surface area (Å²) in [5.41, 5.74) is 3.67. The number of aromatic nitrogens is 3. The van der Waals surface area contributed by atoms with Crippen LogP contribution in [0.3, 0.4) is 0 Å². The third-order valence-electron chi connectivity index (χ3n) is 4.79. The second kappa shape index (κ2) is 6.82. The average molecular weight is 337 g/mol. The maximum Gasteiger partial charge on any atom is 0.157 e. The van der Waals surface area contributed by atoms with Crippen LogP contribution in [0.4, 0.5) is 5.82 Å². The van der Waals surface area contributed by atoms with Gasteiger partial charge in [0, 0.05) is 37.3 Å². The normalized spacial score (nSPS) is 16.3. The Labute approximate surface area is 147 Å². The van der Waals surface area contributed by atoms with E-state index in [0.29, 0.717) is 0 Å². The molecule has 3 aromatic rings. The predicted octanol–water partition coefficient (Wildman–Crippen LogP) is 2.03. The molecule has 0 unspecified atom stereocenters. The molecule has 2 aromatic heterocycles. The van der Waals surface area contributed by atoms with E-state index < -0.39 is 0 Å². The second-order valence-electron chi connectivity index (χ2n) is 6.60. The molecule has 1 aliphatic rings. The topological polar surface area (TPSA) is 56.9 Å². The van der Waals surface area contributed by atoms with Crippen molar-refractivity contribution in [3.63, 3.8) is 0 Å². The minimum absolute atomic E-state index is 0.0358. The van der Waals surface area contributed by atoms with Gasteiger partial charge in [-0.25, -0.2) is 4.98 Å². The molecule has 6 heteroatoms. The van der Waals surface area contributed by atoms with Crippen molar-refractivity contribution in [1.82, 2.24) is 19.5 Å². The maximum atomic E-state index is 9.41. The number of anilines is 1. The van der Waals surface area contributed by atoms with Crippen molar-refractivity contribution in [2.24, 2.45) is 0 Å². The number of hydrogen-bond donors (Lipinski definition) is 1. The number of aliphatic hydroxyl groups is 1. The van der Waals surface area contributed by atoms with Crippen LogP contribution in [0, 0.1) is 0 Å². The van der Waals surface area contributed by atoms with E-state index in [1.807, 2.05) is 34.8 Å². The Hall–Kier alpha value is -2.44. The highest BCUT2D eigenvalue weighted by molar-refractivity contribution is 5.67. The van der Waals surface area contributed by atoms with E-state index in [4.69, 9.17) is 4.98 Å². The van der Waals surface area contributed by atoms with E-state index in [0.717, 1.165) is 60.9 Å². The van der Waals surface area contributed by atoms with Gasteiger partial charge in [0.25, 0.3) is 0 Å². The van der Waals surface area contributed by atoms with Crippen LogP contribution in [0.5, 0.6) is 0 Å². The summed E-state index contributed by atoms with van der Waals surface area (Å²) in [5, 5.41) is 13.9. The van der Waals surface area contributed by atoms with Gasteiger partial charge in [0.1, 0.15) is 5.82 Å². The lowest BCUT2D eigenvalue weighted by Gasteiger charge is -2.23. The first-order valence-electron chi connectivity index (χ1n) is 8.73. The Morgan fingerprint density at radius 3 is 2.88 bits per heavy atom. The first-order chi connectivity index (χ1) is 12.2. The van der Waals surface area contributed by atoms with Crippen molar-refractivity contribution in [2.45, 2.75) is 13.0 Å². The minimum Gasteiger partial charge on any atom is -0.392 e. The third-order valence-corrected chi connectivity index (χ3v) is 4.79. The van der Waals surface area contributed by atoms with Crippen LogP contribution in [0.1, 0.15) is 12.0 Å². The number of aliphatic hydroxyl groups excluding tert-OH is 1. The molecule has 1 saturated heterocycles. The first kappa shape index (κ1) is 16.1. The molecule has 0 atom stereocenters. The van der Waals surface area contributed by atoms with Gasteiger partial charge >= 0.3 is 0 Å². The SMILES string of the molecule is CN1CCCN(c2cc(-c3cccc(CO)c3)nc3ccnn23)CC1. The molecule has 4 rings (SSSR count). The molecule has 6 nitrogen and oxygen atoms in total. The lowest BCUT2D eigenvalue weighted by molar-refractivity contribution is 0.282. The average Bonchev–Trinajstić information content (AvgIpc) is 3.02. The molecule has 1 aromatic carbocycles. The first-order valence-corrected chi connectivity index (χ1v) is 8.73. The molecular weight excluding hydrogens is 314 g/mol. The van der Waals surface area contributed by atoms with Gasteiger partial charge in [-0.2, -0.15) is 9.61 Å². The van der Waals surface area contributed by atoms with Gasteiger partial charge in [-0.1, -0.05) is 18.2 Å². The van der Waals surface area contributed by atoms with Crippen molar-refractivity contribution >= 4 is 11.5 Å². The van der Waals surface area contributed by atoms with Crippen LogP contribution in [0.2, 0.25) is 0 Å². The molecule has 25 heavy (non-hydrogen) atoms. The van der Waals surface area contributed by atoms with Crippen LogP contribution >= 0.6 is 0 Å². The van der Waals surface area contributed by atoms with Gasteiger partial charge in [0.05, 0.1) is 18.5 Å². The van der Waals surface area contributed by atoms with Crippen molar-refractivity contribution in [3.8, 4) is 11.3 Å². The Kier molecular flexibility index (Phi) is 4.38. The van der Waals surface area contributed by atoms with Crippen LogP contribution in [-0.2, 0) is 6.61 Å². The molecule has 1 aliphatic heterocycles. The highest BCUT2D eigenvalue weighted by atomic mass is 16.3. The van der Waals surface area contributed by atoms with Crippen molar-refractivity contribution in [1.29, 1.82) is 0 Å². The zero-order valence-corrected chi connectivity index (χ0v) is 14.5. The van der Waals surface area contributed by atoms with Crippen molar-refractivity contribution < 1.29 is 5.11 Å². The molecule has 0 bridgehead atoms. The second-order valence-corrected chi connectivity index (χ2v) is 6.60. The molecule has 1 fully saturated rings. The minimum atomic E-state index is 0.0358. The molecule has 0 radical (unpaired) electrons. The molecule has 0 aliphatic carbocycles. The predicted molar refractivity (Wildman–Crippen MR) is 98.7 cm³/mol. The number of nitrogens with zero attached hydrogens (tertiary/aromatic N) is 5. The smallest absolute Gasteiger partial charge is 0.157 e. The number of likely N-dealkylation sites (N-methyl/N-ethyl adjacent to an activating group) is 1. The zero-order valence-electron chi connectivity index (χ0n) is 14.5. The number of benzene rings is 1. The largest absolute Gasteiger partial charge is 0.392 e. The molecule has 0 saturated carbocycles. The van der Waals surface area contributed by atoms with E-state index in [9.17, 15) is 5.11 Å². The van der Waals surface area contributed by atoms with Crippen LogP contribution in [-0.4, -0.2) is 57.8 Å². The summed E-state index contributed by atoms with van der Waals surface area (Å²) in [5.74, 6) is 1.08. The van der Waals surface area contributed by atoms with E-state index in [1.165, 1.54) is 0 Å². The standard InChI is InChI=1S/C19H23N5O/c1-22-8-3-9-23(11-10-22)19-13-17(21-18-6-7-20-24(18)19)16-5-2-4-15(12-16)14-25/h2,4-7,12-13,25H,3,8-11,14H2,1H3. The fourth-order valence-corrected chi connectivity index (χ4v) is 3.37. The lowest BCUT2D eigenvalue weighted by Crippen LogP contribution is -2.30. The lowest BCUT2D eigenvalue weighted by atomic mass is 10.1. The highest BCUT2D eigenvalue weighted by Gasteiger charge is 2.17. The quantitative estimate of drug-likeness (QED) is 0.792. The van der Waals surface area contributed by atoms with E-state index >= 15 is 0 Å². The Morgan fingerprint density at radius 2 is 2.00 bits per heavy atom. The molecule has 0 amide bonds. The van der Waals surface area contributed by atoms with Gasteiger partial charge < -0.3 is 14.9 Å². The van der Waals surface area contributed by atoms with Crippen molar-refractivity contribution in [2.75, 3.05) is 38.1 Å². The summed E-state index contributed by atoms with van der Waals surface area (Å²) >= 11 is 0. The Morgan fingerprint density at radius 1 is 1.08 bits per heavy atom. The number of rotatable bonds is 3. The van der Waals surface area contributed by atoms with Crippen LogP contribution < -0.4 is 4.90 Å². The van der Waals surface area contributed by atoms with E-state index in [-0.39, 0.29) is 6.61 Å². The van der Waals surface area contributed by atoms with Crippen molar-refractivity contribution in [3.05, 3.63) is 48.2 Å². The van der Waals surface area contributed by atoms with E-state index in [1.54, 1.807) is 6.20 Å². The molecular formula is C19H23N5O. The van der Waals surface area contributed by atoms with Gasteiger partial charge in [-0.15, -0.1) is 0 Å². The summed E-state index contributed by atoms with van der Waals surface area (Å²) in [6.07, 6.45) is 2.93. The van der Waals surface area contributed by atoms with Crippen LogP contribution in [0.25, 0.3) is 16.9 Å². The number of fused-ring (bicyclic) bond motifs is 1. The van der Waals surface area contributed by atoms with Crippen LogP contribution in [0.15, 0.2) is 42.6 Å². The molecule has 1 N–H and O–H groups in total. The Balaban J connectivity index is 1.79. The van der Waals surface area contributed by atoms with Gasteiger partial charge in [0.15, 0.2) is 5.65 Å². The summed E-state index contributed by atoms with van der Waals surface area (Å²) in [7, 11) is 2.17. The summed E-state index contributed by atoms with van der Waals surface area (Å²) in [6, 6.07) is 12.0. The Bertz CT molecular complexity index is 875. The van der Waals surface area contributed by atoms with E-state index in [2.05, 4.69) is 28.0 Å². The molecule has 130 valence electrons. The highest BCUT2D eigenvalue weighted by Crippen LogP contribution is 2.26. The fourth-order valence-electron chi connectivity index (χ4n) is 3.37. The molecule has 3 heterocycles. The summed E-state index contributed by atoms with van der Waals surface area (Å²) in [4.78, 5) is 9.52. The zero-order chi connectivity index (χ0) is 17.2. The molecule has 0 spiro atoms. The summed E-state index contributed by atoms with van der Waals surface area (Å²) in [6.45, 7) is 4.19. The van der Waals surface area contributed by atoms with Gasteiger partial charge in [-0.05, 0) is 31.6 Å². The third kappa shape index (κ3) is 3.23.